The minimum Gasteiger partial charge on any atom is -0.493 e. The van der Waals surface area contributed by atoms with E-state index in [1.807, 2.05) is 13.8 Å². The van der Waals surface area contributed by atoms with Crippen LogP contribution in [0.2, 0.25) is 0 Å². The predicted octanol–water partition coefficient (Wildman–Crippen LogP) is 2.47. The first-order chi connectivity index (χ1) is 13.9. The number of fused-ring (bicyclic) bond motifs is 1. The lowest BCUT2D eigenvalue weighted by atomic mass is 9.91. The number of carbonyl (C=O) groups excluding carboxylic acids is 1. The zero-order valence-corrected chi connectivity index (χ0v) is 18.2. The molecule has 1 unspecified atom stereocenters. The molecule has 156 valence electrons. The Balaban J connectivity index is 1.93. The van der Waals surface area contributed by atoms with Crippen molar-refractivity contribution in [1.82, 2.24) is 5.32 Å². The highest BCUT2D eigenvalue weighted by Gasteiger charge is 2.33. The van der Waals surface area contributed by atoms with Crippen LogP contribution in [0.1, 0.15) is 42.1 Å². The highest BCUT2D eigenvalue weighted by molar-refractivity contribution is 5.77. The van der Waals surface area contributed by atoms with Crippen molar-refractivity contribution in [2.24, 2.45) is 5.92 Å². The van der Waals surface area contributed by atoms with Gasteiger partial charge in [0.2, 0.25) is 5.91 Å². The second kappa shape index (κ2) is 9.31. The number of amides is 1. The van der Waals surface area contributed by atoms with Gasteiger partial charge in [-0.15, -0.1) is 0 Å². The maximum atomic E-state index is 12.3. The van der Waals surface area contributed by atoms with Crippen LogP contribution in [0.5, 0.6) is 11.5 Å². The van der Waals surface area contributed by atoms with Crippen molar-refractivity contribution in [2.45, 2.75) is 39.8 Å². The smallest absolute Gasteiger partial charge is 0.222 e. The molecule has 0 saturated heterocycles. The summed E-state index contributed by atoms with van der Waals surface area (Å²) in [5, 5.41) is 3.15. The van der Waals surface area contributed by atoms with Gasteiger partial charge in [-0.05, 0) is 24.6 Å². The molecule has 1 heterocycles. The zero-order chi connectivity index (χ0) is 21.0. The lowest BCUT2D eigenvalue weighted by Gasteiger charge is -2.35. The van der Waals surface area contributed by atoms with Gasteiger partial charge in [-0.2, -0.15) is 0 Å². The molecular weight excluding hydrogens is 364 g/mol. The van der Waals surface area contributed by atoms with E-state index in [2.05, 4.69) is 48.6 Å². The highest BCUT2D eigenvalue weighted by atomic mass is 16.5. The molecule has 5 heteroatoms. The van der Waals surface area contributed by atoms with E-state index in [0.717, 1.165) is 31.0 Å². The Morgan fingerprint density at radius 3 is 2.55 bits per heavy atom. The Morgan fingerprint density at radius 2 is 1.90 bits per heavy atom. The van der Waals surface area contributed by atoms with E-state index in [-0.39, 0.29) is 17.9 Å². The lowest BCUT2D eigenvalue weighted by molar-refractivity contribution is -0.945. The van der Waals surface area contributed by atoms with Crippen molar-refractivity contribution in [3.8, 4) is 11.5 Å². The fraction of sp³-hybridized carbons (Fsp3) is 0.458. The number of nitrogens with one attached hydrogen (secondary N) is 2. The molecule has 2 N–H and O–H groups in total. The highest BCUT2D eigenvalue weighted by Crippen LogP contribution is 2.34. The number of hydrogen-bond acceptors (Lipinski definition) is 3. The summed E-state index contributed by atoms with van der Waals surface area (Å²) < 4.78 is 11.1. The number of hydrogen-bond donors (Lipinski definition) is 2. The van der Waals surface area contributed by atoms with Crippen LogP contribution in [0.4, 0.5) is 0 Å². The van der Waals surface area contributed by atoms with Crippen LogP contribution in [0.25, 0.3) is 0 Å². The van der Waals surface area contributed by atoms with Gasteiger partial charge in [0.1, 0.15) is 12.6 Å². The molecule has 1 aliphatic rings. The van der Waals surface area contributed by atoms with Crippen molar-refractivity contribution in [3.05, 3.63) is 58.7 Å². The second-order valence-electron chi connectivity index (χ2n) is 8.18. The normalized spacial score (nSPS) is 18.3. The monoisotopic (exact) mass is 397 g/mol. The SMILES string of the molecule is COc1cc2c(cc1OC)[C@@H](CNC(=O)C(C)C)[NH+](Cc1cccc(C)c1)CC2. The first-order valence-corrected chi connectivity index (χ1v) is 10.4. The van der Waals surface area contributed by atoms with E-state index in [1.54, 1.807) is 14.2 Å². The van der Waals surface area contributed by atoms with Gasteiger partial charge in [0.05, 0.1) is 27.3 Å². The molecule has 1 amide bonds. The number of carbonyl (C=O) groups is 1. The van der Waals surface area contributed by atoms with Gasteiger partial charge in [-0.1, -0.05) is 43.7 Å². The molecular formula is C24H33N2O3+. The van der Waals surface area contributed by atoms with Crippen LogP contribution >= 0.6 is 0 Å². The molecule has 2 atom stereocenters. The Bertz CT molecular complexity index is 863. The van der Waals surface area contributed by atoms with Crippen LogP contribution < -0.4 is 19.7 Å². The Labute approximate surface area is 174 Å². The average molecular weight is 398 g/mol. The van der Waals surface area contributed by atoms with Gasteiger partial charge >= 0.3 is 0 Å². The van der Waals surface area contributed by atoms with Crippen molar-refractivity contribution >= 4 is 5.91 Å². The number of rotatable bonds is 7. The molecule has 0 spiro atoms. The number of aryl methyl sites for hydroxylation is 1. The van der Waals surface area contributed by atoms with Crippen LogP contribution in [0, 0.1) is 12.8 Å². The molecule has 29 heavy (non-hydrogen) atoms. The van der Waals surface area contributed by atoms with Crippen molar-refractivity contribution in [2.75, 3.05) is 27.3 Å². The zero-order valence-electron chi connectivity index (χ0n) is 18.2. The standard InChI is InChI=1S/C24H32N2O3/c1-16(2)24(27)25-14-21-20-13-23(29-5)22(28-4)12-19(20)9-10-26(21)15-18-8-6-7-17(3)11-18/h6-8,11-13,16,21H,9-10,14-15H2,1-5H3,(H,25,27)/p+1/t21-/m1/s1. The maximum absolute atomic E-state index is 12.3. The predicted molar refractivity (Wildman–Crippen MR) is 115 cm³/mol. The van der Waals surface area contributed by atoms with Crippen LogP contribution in [0.3, 0.4) is 0 Å². The molecule has 0 aromatic heterocycles. The lowest BCUT2D eigenvalue weighted by Crippen LogP contribution is -3.12. The summed E-state index contributed by atoms with van der Waals surface area (Å²) >= 11 is 0. The molecule has 5 nitrogen and oxygen atoms in total. The molecule has 0 bridgehead atoms. The minimum absolute atomic E-state index is 0.0244. The number of methoxy groups -OCH3 is 2. The molecule has 0 fully saturated rings. The number of ether oxygens (including phenoxy) is 2. The van der Waals surface area contributed by atoms with Crippen LogP contribution in [-0.2, 0) is 17.8 Å². The first kappa shape index (κ1) is 21.2. The first-order valence-electron chi connectivity index (χ1n) is 10.4. The molecule has 0 saturated carbocycles. The molecule has 3 rings (SSSR count). The third-order valence-corrected chi connectivity index (χ3v) is 5.75. The Kier molecular flexibility index (Phi) is 6.80. The molecule has 2 aromatic rings. The van der Waals surface area contributed by atoms with E-state index in [0.29, 0.717) is 6.54 Å². The van der Waals surface area contributed by atoms with Crippen molar-refractivity contribution in [3.63, 3.8) is 0 Å². The van der Waals surface area contributed by atoms with Crippen LogP contribution in [-0.4, -0.2) is 33.2 Å². The van der Waals surface area contributed by atoms with Gasteiger partial charge < -0.3 is 19.7 Å². The summed E-state index contributed by atoms with van der Waals surface area (Å²) in [6, 6.07) is 13.0. The fourth-order valence-electron chi connectivity index (χ4n) is 4.12. The summed E-state index contributed by atoms with van der Waals surface area (Å²) in [6.07, 6.45) is 0.978. The Morgan fingerprint density at radius 1 is 1.17 bits per heavy atom. The molecule has 0 aliphatic carbocycles. The van der Waals surface area contributed by atoms with Crippen LogP contribution in [0.15, 0.2) is 36.4 Å². The summed E-state index contributed by atoms with van der Waals surface area (Å²) in [6.45, 7) is 8.53. The summed E-state index contributed by atoms with van der Waals surface area (Å²) in [7, 11) is 3.34. The fourth-order valence-corrected chi connectivity index (χ4v) is 4.12. The van der Waals surface area contributed by atoms with Gasteiger partial charge in [0.15, 0.2) is 11.5 Å². The maximum Gasteiger partial charge on any atom is 0.222 e. The molecule has 2 aromatic carbocycles. The van der Waals surface area contributed by atoms with E-state index in [1.165, 1.54) is 27.2 Å². The molecule has 1 aliphatic heterocycles. The van der Waals surface area contributed by atoms with E-state index in [4.69, 9.17) is 9.47 Å². The summed E-state index contributed by atoms with van der Waals surface area (Å²) in [5.74, 6) is 1.57. The van der Waals surface area contributed by atoms with E-state index in [9.17, 15) is 4.79 Å². The summed E-state index contributed by atoms with van der Waals surface area (Å²) in [4.78, 5) is 13.7. The summed E-state index contributed by atoms with van der Waals surface area (Å²) in [5.41, 5.74) is 5.11. The van der Waals surface area contributed by atoms with E-state index >= 15 is 0 Å². The quantitative estimate of drug-likeness (QED) is 0.755. The average Bonchev–Trinajstić information content (AvgIpc) is 2.71. The topological polar surface area (TPSA) is 52.0 Å². The third kappa shape index (κ3) is 4.91. The van der Waals surface area contributed by atoms with Gasteiger partial charge in [0.25, 0.3) is 0 Å². The third-order valence-electron chi connectivity index (χ3n) is 5.75. The van der Waals surface area contributed by atoms with E-state index < -0.39 is 0 Å². The van der Waals surface area contributed by atoms with Crippen molar-refractivity contribution < 1.29 is 19.2 Å². The second-order valence-corrected chi connectivity index (χ2v) is 8.18. The number of quaternary nitrogens is 1. The van der Waals surface area contributed by atoms with Crippen molar-refractivity contribution in [1.29, 1.82) is 0 Å². The largest absolute Gasteiger partial charge is 0.493 e. The van der Waals surface area contributed by atoms with Gasteiger partial charge in [-0.25, -0.2) is 0 Å². The molecule has 0 radical (unpaired) electrons. The van der Waals surface area contributed by atoms with Gasteiger partial charge in [0, 0.05) is 23.5 Å². The van der Waals surface area contributed by atoms with Gasteiger partial charge in [-0.3, -0.25) is 4.79 Å². The minimum atomic E-state index is -0.0244. The number of benzene rings is 2. The Hall–Kier alpha value is -2.53.